The van der Waals surface area contributed by atoms with Crippen LogP contribution in [0.15, 0.2) is 11.1 Å². The van der Waals surface area contributed by atoms with E-state index >= 15 is 0 Å². The molecule has 1 heterocycles. The first-order valence-electron chi connectivity index (χ1n) is 6.52. The normalized spacial score (nSPS) is 12.3. The second kappa shape index (κ2) is 7.02. The summed E-state index contributed by atoms with van der Waals surface area (Å²) in [4.78, 5) is 0.249. The molecule has 0 amide bonds. The smallest absolute Gasteiger partial charge is 0.243 e. The summed E-state index contributed by atoms with van der Waals surface area (Å²) in [6.07, 6.45) is 2.38. The largest absolute Gasteiger partial charge is 0.379 e. The molecule has 0 bridgehead atoms. The summed E-state index contributed by atoms with van der Waals surface area (Å²) >= 11 is 0. The van der Waals surface area contributed by atoms with Gasteiger partial charge in [0.15, 0.2) is 0 Å². The summed E-state index contributed by atoms with van der Waals surface area (Å²) in [5, 5.41) is 4.14. The molecule has 0 atom stereocenters. The van der Waals surface area contributed by atoms with Crippen LogP contribution >= 0.6 is 0 Å². The Balaban J connectivity index is 2.53. The lowest BCUT2D eigenvalue weighted by atomic mass is 10.4. The van der Waals surface area contributed by atoms with Crippen molar-refractivity contribution >= 4 is 10.0 Å². The van der Waals surface area contributed by atoms with E-state index in [4.69, 9.17) is 4.74 Å². The Hall–Kier alpha value is -0.920. The summed E-state index contributed by atoms with van der Waals surface area (Å²) < 4.78 is 33.7. The molecule has 0 aromatic carbocycles. The van der Waals surface area contributed by atoms with Gasteiger partial charge in [0.05, 0.1) is 11.8 Å². The number of aromatic nitrogens is 2. The van der Waals surface area contributed by atoms with E-state index in [1.165, 1.54) is 0 Å². The van der Waals surface area contributed by atoms with Crippen molar-refractivity contribution in [2.24, 2.45) is 0 Å². The average molecular weight is 289 g/mol. The maximum absolute atomic E-state index is 12.1. The average Bonchev–Trinajstić information content (AvgIpc) is 2.70. The standard InChI is InChI=1S/C12H23N3O3S/c1-5-15-9-12(11(4)14-15)19(16,17)13-7-6-8-18-10(2)3/h9-10,13H,5-8H2,1-4H3. The lowest BCUT2D eigenvalue weighted by Crippen LogP contribution is -2.26. The maximum Gasteiger partial charge on any atom is 0.243 e. The summed E-state index contributed by atoms with van der Waals surface area (Å²) in [6.45, 7) is 9.08. The highest BCUT2D eigenvalue weighted by atomic mass is 32.2. The van der Waals surface area contributed by atoms with Gasteiger partial charge in [-0.1, -0.05) is 0 Å². The fourth-order valence-electron chi connectivity index (χ4n) is 1.60. The number of hydrogen-bond acceptors (Lipinski definition) is 4. The second-order valence-electron chi connectivity index (χ2n) is 4.61. The zero-order chi connectivity index (χ0) is 14.5. The van der Waals surface area contributed by atoms with Crippen molar-refractivity contribution < 1.29 is 13.2 Å². The van der Waals surface area contributed by atoms with E-state index in [1.807, 2.05) is 20.8 Å². The number of ether oxygens (including phenoxy) is 1. The summed E-state index contributed by atoms with van der Waals surface area (Å²) in [6, 6.07) is 0. The van der Waals surface area contributed by atoms with Crippen LogP contribution in [0.1, 0.15) is 32.9 Å². The predicted molar refractivity (Wildman–Crippen MR) is 73.5 cm³/mol. The van der Waals surface area contributed by atoms with Gasteiger partial charge in [-0.3, -0.25) is 4.68 Å². The topological polar surface area (TPSA) is 73.2 Å². The highest BCUT2D eigenvalue weighted by molar-refractivity contribution is 7.89. The minimum atomic E-state index is -3.47. The first-order chi connectivity index (χ1) is 8.86. The molecular formula is C12H23N3O3S. The molecule has 110 valence electrons. The van der Waals surface area contributed by atoms with Crippen molar-refractivity contribution in [1.82, 2.24) is 14.5 Å². The van der Waals surface area contributed by atoms with E-state index in [2.05, 4.69) is 9.82 Å². The van der Waals surface area contributed by atoms with Crippen LogP contribution in [0, 0.1) is 6.92 Å². The molecule has 0 radical (unpaired) electrons. The number of aryl methyl sites for hydroxylation is 2. The molecule has 0 unspecified atom stereocenters. The Bertz CT molecular complexity index is 494. The molecule has 1 rings (SSSR count). The molecule has 0 spiro atoms. The lowest BCUT2D eigenvalue weighted by Gasteiger charge is -2.08. The van der Waals surface area contributed by atoms with Crippen molar-refractivity contribution in [3.05, 3.63) is 11.9 Å². The molecule has 0 saturated carbocycles. The predicted octanol–water partition coefficient (Wildman–Crippen LogP) is 1.30. The number of rotatable bonds is 8. The molecule has 7 heteroatoms. The fourth-order valence-corrected chi connectivity index (χ4v) is 2.86. The summed E-state index contributed by atoms with van der Waals surface area (Å²) in [7, 11) is -3.47. The van der Waals surface area contributed by atoms with Gasteiger partial charge >= 0.3 is 0 Å². The van der Waals surface area contributed by atoms with E-state index in [9.17, 15) is 8.42 Å². The summed E-state index contributed by atoms with van der Waals surface area (Å²) in [5.41, 5.74) is 0.521. The van der Waals surface area contributed by atoms with Gasteiger partial charge in [-0.2, -0.15) is 5.10 Å². The first kappa shape index (κ1) is 16.1. The van der Waals surface area contributed by atoms with Gasteiger partial charge < -0.3 is 4.74 Å². The third-order valence-corrected chi connectivity index (χ3v) is 4.14. The highest BCUT2D eigenvalue weighted by Crippen LogP contribution is 2.12. The first-order valence-corrected chi connectivity index (χ1v) is 8.00. The Labute approximate surface area is 115 Å². The molecular weight excluding hydrogens is 266 g/mol. The Morgan fingerprint density at radius 2 is 2.16 bits per heavy atom. The third-order valence-electron chi connectivity index (χ3n) is 2.58. The molecule has 0 saturated heterocycles. The van der Waals surface area contributed by atoms with Crippen molar-refractivity contribution in [3.8, 4) is 0 Å². The minimum Gasteiger partial charge on any atom is -0.379 e. The molecule has 0 aliphatic heterocycles. The van der Waals surface area contributed by atoms with Crippen LogP contribution in [0.5, 0.6) is 0 Å². The Kier molecular flexibility index (Phi) is 5.96. The van der Waals surface area contributed by atoms with Gasteiger partial charge in [0.25, 0.3) is 0 Å². The second-order valence-corrected chi connectivity index (χ2v) is 6.34. The van der Waals surface area contributed by atoms with Gasteiger partial charge in [-0.25, -0.2) is 13.1 Å². The van der Waals surface area contributed by atoms with Crippen molar-refractivity contribution in [2.75, 3.05) is 13.2 Å². The van der Waals surface area contributed by atoms with Crippen molar-refractivity contribution in [1.29, 1.82) is 0 Å². The third kappa shape index (κ3) is 4.93. The number of nitrogens with zero attached hydrogens (tertiary/aromatic N) is 2. The van der Waals surface area contributed by atoms with Gasteiger partial charge in [0.1, 0.15) is 4.90 Å². The van der Waals surface area contributed by atoms with Crippen molar-refractivity contribution in [3.63, 3.8) is 0 Å². The number of nitrogens with one attached hydrogen (secondary N) is 1. The zero-order valence-corrected chi connectivity index (χ0v) is 12.8. The van der Waals surface area contributed by atoms with Crippen LogP contribution in [-0.2, 0) is 21.3 Å². The Morgan fingerprint density at radius 3 is 2.68 bits per heavy atom. The van der Waals surface area contributed by atoms with Crippen molar-refractivity contribution in [2.45, 2.75) is 51.7 Å². The van der Waals surface area contributed by atoms with E-state index in [-0.39, 0.29) is 11.0 Å². The van der Waals surface area contributed by atoms with Crippen LogP contribution in [-0.4, -0.2) is 37.5 Å². The molecule has 0 fully saturated rings. The van der Waals surface area contributed by atoms with E-state index < -0.39 is 10.0 Å². The molecule has 1 aromatic heterocycles. The molecule has 19 heavy (non-hydrogen) atoms. The van der Waals surface area contributed by atoms with Gasteiger partial charge in [0, 0.05) is 25.9 Å². The van der Waals surface area contributed by atoms with E-state index in [1.54, 1.807) is 17.8 Å². The Morgan fingerprint density at radius 1 is 1.47 bits per heavy atom. The minimum absolute atomic E-state index is 0.168. The summed E-state index contributed by atoms with van der Waals surface area (Å²) in [5.74, 6) is 0. The van der Waals surface area contributed by atoms with Crippen LogP contribution in [0.4, 0.5) is 0 Å². The van der Waals surface area contributed by atoms with Crippen LogP contribution in [0.2, 0.25) is 0 Å². The zero-order valence-electron chi connectivity index (χ0n) is 12.0. The molecule has 0 aliphatic rings. The number of hydrogen-bond donors (Lipinski definition) is 1. The lowest BCUT2D eigenvalue weighted by molar-refractivity contribution is 0.0778. The number of sulfonamides is 1. The molecule has 0 aliphatic carbocycles. The maximum atomic E-state index is 12.1. The monoisotopic (exact) mass is 289 g/mol. The SMILES string of the molecule is CCn1cc(S(=O)(=O)NCCCOC(C)C)c(C)n1. The molecule has 1 N–H and O–H groups in total. The highest BCUT2D eigenvalue weighted by Gasteiger charge is 2.19. The molecule has 1 aromatic rings. The van der Waals surface area contributed by atoms with E-state index in [0.29, 0.717) is 31.8 Å². The van der Waals surface area contributed by atoms with Crippen LogP contribution in [0.25, 0.3) is 0 Å². The van der Waals surface area contributed by atoms with Gasteiger partial charge in [-0.05, 0) is 34.1 Å². The van der Waals surface area contributed by atoms with Crippen LogP contribution in [0.3, 0.4) is 0 Å². The quantitative estimate of drug-likeness (QED) is 0.732. The molecule has 6 nitrogen and oxygen atoms in total. The van der Waals surface area contributed by atoms with E-state index in [0.717, 1.165) is 0 Å². The fraction of sp³-hybridized carbons (Fsp3) is 0.750. The van der Waals surface area contributed by atoms with Gasteiger partial charge in [0.2, 0.25) is 10.0 Å². The van der Waals surface area contributed by atoms with Crippen LogP contribution < -0.4 is 4.72 Å². The van der Waals surface area contributed by atoms with Gasteiger partial charge in [-0.15, -0.1) is 0 Å².